The number of rotatable bonds is 33. The zero-order valence-corrected chi connectivity index (χ0v) is 66.2. The summed E-state index contributed by atoms with van der Waals surface area (Å²) in [5.41, 5.74) is 5.40. The first-order valence-corrected chi connectivity index (χ1v) is 37.8. The number of ether oxygens (including phenoxy) is 5. The van der Waals surface area contributed by atoms with Crippen LogP contribution in [0.3, 0.4) is 0 Å². The molecule has 2 saturated heterocycles. The van der Waals surface area contributed by atoms with Crippen molar-refractivity contribution < 1.29 is 119 Å². The van der Waals surface area contributed by atoms with E-state index in [1.165, 1.54) is 33.2 Å². The third-order valence-corrected chi connectivity index (χ3v) is 19.3. The molecule has 5 amide bonds. The number of hydrogen-bond acceptors (Lipinski definition) is 28. The minimum absolute atomic E-state index is 0. The summed E-state index contributed by atoms with van der Waals surface area (Å²) in [5, 5.41) is 74.5. The van der Waals surface area contributed by atoms with Crippen molar-refractivity contribution in [2.75, 3.05) is 107 Å². The van der Waals surface area contributed by atoms with Crippen LogP contribution in [0.5, 0.6) is 0 Å². The Morgan fingerprint density at radius 1 is 0.595 bits per heavy atom. The van der Waals surface area contributed by atoms with Crippen molar-refractivity contribution in [2.24, 2.45) is 0 Å². The van der Waals surface area contributed by atoms with Gasteiger partial charge in [0.1, 0.15) is 43.1 Å². The van der Waals surface area contributed by atoms with E-state index < -0.39 is 148 Å². The fourth-order valence-corrected chi connectivity index (χ4v) is 14.2. The van der Waals surface area contributed by atoms with Gasteiger partial charge in [-0.2, -0.15) is 0 Å². The molecule has 6 N–H and O–H groups in total. The van der Waals surface area contributed by atoms with Crippen LogP contribution in [0.1, 0.15) is 88.7 Å². The number of aliphatic carboxylic acids is 4. The van der Waals surface area contributed by atoms with Crippen molar-refractivity contribution in [1.82, 2.24) is 55.9 Å². The summed E-state index contributed by atoms with van der Waals surface area (Å²) < 4.78 is 32.2. The number of carbonyl (C=O) groups is 12. The van der Waals surface area contributed by atoms with Crippen LogP contribution >= 0.6 is 12.2 Å². The number of aromatic nitrogens is 3. The fraction of sp³-hybridized carbons (Fsp3) is 0.430. The van der Waals surface area contributed by atoms with Crippen LogP contribution in [0.15, 0.2) is 127 Å². The first kappa shape index (κ1) is 90.4. The van der Waals surface area contributed by atoms with Gasteiger partial charge in [0.2, 0.25) is 29.5 Å². The van der Waals surface area contributed by atoms with E-state index in [0.29, 0.717) is 81.2 Å². The number of amides is 5. The summed E-state index contributed by atoms with van der Waals surface area (Å²) in [5.74, 6) is -10.3. The van der Waals surface area contributed by atoms with Gasteiger partial charge in [0.05, 0.1) is 41.8 Å². The first-order valence-electron chi connectivity index (χ1n) is 37.4. The Morgan fingerprint density at radius 3 is 1.80 bits per heavy atom. The van der Waals surface area contributed by atoms with E-state index >= 15 is 4.79 Å². The quantitative estimate of drug-likeness (QED) is 0.00866. The average Bonchev–Trinajstić information content (AvgIpc) is 1.56. The number of hydrogen-bond donors (Lipinski definition) is 6. The van der Waals surface area contributed by atoms with Crippen LogP contribution in [-0.4, -0.2) is 245 Å². The third-order valence-electron chi connectivity index (χ3n) is 19.1. The largest absolute Gasteiger partial charge is 2.00 e. The van der Waals surface area contributed by atoms with Crippen LogP contribution in [-0.2, 0) is 118 Å². The minimum Gasteiger partial charge on any atom is -0.549 e. The van der Waals surface area contributed by atoms with Gasteiger partial charge in [-0.1, -0.05) is 102 Å². The smallest absolute Gasteiger partial charge is 0.549 e. The molecule has 0 spiro atoms. The van der Waals surface area contributed by atoms with Gasteiger partial charge in [-0.25, -0.2) is 4.68 Å². The molecule has 35 nitrogen and oxygen atoms in total. The van der Waals surface area contributed by atoms with Crippen molar-refractivity contribution in [2.45, 2.75) is 129 Å². The predicted octanol–water partition coefficient (Wildman–Crippen LogP) is -1.84. The van der Waals surface area contributed by atoms with Gasteiger partial charge in [0.15, 0.2) is 23.6 Å². The molecule has 3 aliphatic heterocycles. The summed E-state index contributed by atoms with van der Waals surface area (Å²) in [6.07, 6.45) is -5.80. The number of anilines is 3. The van der Waals surface area contributed by atoms with E-state index in [9.17, 15) is 73.2 Å². The van der Waals surface area contributed by atoms with E-state index in [2.05, 4.69) is 42.2 Å². The van der Waals surface area contributed by atoms with E-state index in [-0.39, 0.29) is 112 Å². The molecule has 0 aliphatic carbocycles. The minimum atomic E-state index is -1.63. The normalized spacial score (nSPS) is 18.5. The molecule has 4 unspecified atom stereocenters. The second-order valence-electron chi connectivity index (χ2n) is 27.9. The Bertz CT molecular complexity index is 4450. The van der Waals surface area contributed by atoms with Gasteiger partial charge < -0.3 is 100 Å². The Hall–Kier alpha value is -11.2. The van der Waals surface area contributed by atoms with E-state index in [4.69, 9.17) is 35.9 Å². The maximum absolute atomic E-state index is 15.2. The molecule has 1 radical (unpaired) electrons. The van der Waals surface area contributed by atoms with Crippen LogP contribution in [0.25, 0.3) is 22.5 Å². The molecule has 623 valence electrons. The Kier molecular flexibility index (Phi) is 34.4. The molecule has 116 heavy (non-hydrogen) atoms. The number of unbranched alkanes of at least 4 members (excludes halogenated alkanes) is 1. The summed E-state index contributed by atoms with van der Waals surface area (Å²) in [6, 6.07) is 33.4. The molecule has 9 rings (SSSR count). The fourth-order valence-electron chi connectivity index (χ4n) is 13.9. The molecule has 8 atom stereocenters. The standard InChI is InChI=1S/C79H96N14O21S.Cu/c1-48(94)80-31-14-13-20-62(82-49(2)95)77(109)83-57-28-24-55(25-29-57)74(54-15-7-6-8-16-54)114-78-72(76(112-52(5)98)75(111-51(4)97)64(113-78)47-110-50(3)96)85-65(99)42-93-73-61-19-11-12-21-63(61)92(40-56-17-9-10-18-60(56)71(73)86-87-93)66(100)30-32-81-79(115)84-58-26-22-53(23-27-58)39-59-41-90(45-69(105)106)36-35-88(43-67(101)102)33-34-89(44-68(103)104)37-38-91(59)46-70(107)108;/h6-12,15-19,21-29,59,62,64,72,74-76,78H,13-14,20,30-47H2,1-5H3,(H,80,94)(H,82,95)(H,83,109)(H,85,99)(H,101,102)(H,103,104)(H,105,106)(H,107,108)(H2,81,84,115);/q;+2/p-4/t59?,62?,64-,72+,74?,75-,76-,78?;/m1./s1/i;1+0. The molecular weight excluding hydrogens is 1580 g/mol. The topological polar surface area (TPSA) is 462 Å². The predicted molar refractivity (Wildman–Crippen MR) is 409 cm³/mol. The number of nitrogens with one attached hydrogen (secondary N) is 6. The molecule has 6 aromatic rings. The number of carboxylic acids is 4. The molecule has 1 aromatic heterocycles. The average molecular weight is 1670 g/mol. The number of thiocarbonyl (C=S) groups is 1. The van der Waals surface area contributed by atoms with E-state index in [1.807, 2.05) is 12.1 Å². The Balaban J connectivity index is 0.0000168. The number of nitrogens with zero attached hydrogens (tertiary/aromatic N) is 8. The van der Waals surface area contributed by atoms with Crippen molar-refractivity contribution in [3.63, 3.8) is 0 Å². The zero-order valence-electron chi connectivity index (χ0n) is 64.5. The molecule has 2 fully saturated rings. The number of esters is 3. The maximum Gasteiger partial charge on any atom is 2.00 e. The van der Waals surface area contributed by atoms with Gasteiger partial charge >= 0.3 is 35.0 Å². The monoisotopic (exact) mass is 1670 g/mol. The van der Waals surface area contributed by atoms with Crippen molar-refractivity contribution in [3.8, 4) is 22.5 Å². The molecule has 0 saturated carbocycles. The molecule has 37 heteroatoms. The van der Waals surface area contributed by atoms with Crippen molar-refractivity contribution in [1.29, 1.82) is 0 Å². The molecule has 3 aliphatic rings. The first-order chi connectivity index (χ1) is 55.0. The van der Waals surface area contributed by atoms with Crippen LogP contribution in [0.4, 0.5) is 17.1 Å². The summed E-state index contributed by atoms with van der Waals surface area (Å²) in [7, 11) is 0. The molecule has 5 aromatic carbocycles. The second kappa shape index (κ2) is 44.1. The Morgan fingerprint density at radius 2 is 1.17 bits per heavy atom. The van der Waals surface area contributed by atoms with Gasteiger partial charge in [-0.15, -0.1) is 5.10 Å². The van der Waals surface area contributed by atoms with Crippen LogP contribution < -0.4 is 57.2 Å². The van der Waals surface area contributed by atoms with Crippen molar-refractivity contribution >= 4 is 106 Å². The zero-order chi connectivity index (χ0) is 82.8. The van der Waals surface area contributed by atoms with Gasteiger partial charge in [-0.3, -0.25) is 58.0 Å². The summed E-state index contributed by atoms with van der Waals surface area (Å²) in [6.45, 7) is 3.51. The second-order valence-corrected chi connectivity index (χ2v) is 28.3. The molecule has 4 heterocycles. The van der Waals surface area contributed by atoms with Gasteiger partial charge in [0, 0.05) is 155 Å². The van der Waals surface area contributed by atoms with E-state index in [1.54, 1.807) is 125 Å². The summed E-state index contributed by atoms with van der Waals surface area (Å²) >= 11 is 5.72. The SMILES string of the molecule is CC(=O)NCCCCC(NC(C)=O)C(=O)Nc1ccc(C(OC2O[C@H](COC(C)=O)[C@@H](OC(C)=O)[C@H](OC(C)=O)[C@@H]2NC(=O)Cn2nnc3c2-c2ccccc2N(C(=O)CCNC(=S)Nc2ccc(CC4CN(CC(=O)[O-])CCN(CC(=O)[O-])CCN(CC(=O)[O-])CCN4CC(=O)[O-])cc2)Cc2ccccc2-3)c2ccccc2)cc1.[64Cu+2]. The number of para-hydroxylation sites is 1. The third kappa shape index (κ3) is 27.3. The van der Waals surface area contributed by atoms with Crippen LogP contribution in [0, 0.1) is 0 Å². The Labute approximate surface area is 684 Å². The summed E-state index contributed by atoms with van der Waals surface area (Å²) in [4.78, 5) is 162. The number of carbonyl (C=O) groups excluding carboxylic acids is 12. The number of benzene rings is 5. The van der Waals surface area contributed by atoms with Gasteiger partial charge in [0.25, 0.3) is 0 Å². The number of carboxylic acid groups (broad SMARTS) is 4. The molecule has 0 bridgehead atoms. The van der Waals surface area contributed by atoms with Gasteiger partial charge in [-0.05, 0) is 90.5 Å². The molecular formula is C79H92CuN14O21S-2. The van der Waals surface area contributed by atoms with Crippen molar-refractivity contribution in [3.05, 3.63) is 150 Å². The van der Waals surface area contributed by atoms with E-state index in [0.717, 1.165) is 20.8 Å². The maximum atomic E-state index is 15.2. The number of fused-ring (bicyclic) bond motifs is 5. The van der Waals surface area contributed by atoms with Crippen LogP contribution in [0.2, 0.25) is 0 Å².